The zero-order valence-electron chi connectivity index (χ0n) is 17.5. The lowest BCUT2D eigenvalue weighted by molar-refractivity contribution is -0.127. The molecule has 6 heteroatoms. The second-order valence-corrected chi connectivity index (χ2v) is 8.46. The van der Waals surface area contributed by atoms with E-state index in [0.717, 1.165) is 11.3 Å². The molecule has 0 unspecified atom stereocenters. The first-order chi connectivity index (χ1) is 13.8. The van der Waals surface area contributed by atoms with Crippen LogP contribution in [0.25, 0.3) is 0 Å². The van der Waals surface area contributed by atoms with Crippen molar-refractivity contribution in [2.45, 2.75) is 34.2 Å². The maximum Gasteiger partial charge on any atom is 0.319 e. The minimum absolute atomic E-state index is 0.0475. The number of fused-ring (bicyclic) bond motifs is 1. The highest BCUT2D eigenvalue weighted by molar-refractivity contribution is 6.00. The van der Waals surface area contributed by atoms with Gasteiger partial charge in [0, 0.05) is 24.8 Å². The molecule has 0 spiro atoms. The van der Waals surface area contributed by atoms with Crippen molar-refractivity contribution in [3.05, 3.63) is 54.1 Å². The Balaban J connectivity index is 1.75. The molecule has 29 heavy (non-hydrogen) atoms. The Bertz CT molecular complexity index is 878. The third kappa shape index (κ3) is 5.08. The van der Waals surface area contributed by atoms with E-state index < -0.39 is 5.41 Å². The van der Waals surface area contributed by atoms with Crippen LogP contribution in [0, 0.1) is 11.3 Å². The van der Waals surface area contributed by atoms with Gasteiger partial charge in [0.2, 0.25) is 5.91 Å². The standard InChI is InChI=1S/C23H29N3O3/c1-16(2)14-26-19-11-10-18(12-20(19)29-15-23(3,4)21(26)27)25-22(28)24-13-17-8-6-5-7-9-17/h5-12,16H,13-15H2,1-4H3,(H2,24,25,28). The lowest BCUT2D eigenvalue weighted by atomic mass is 9.92. The Kier molecular flexibility index (Phi) is 6.11. The number of nitrogens with one attached hydrogen (secondary N) is 2. The van der Waals surface area contributed by atoms with Crippen molar-refractivity contribution in [1.29, 1.82) is 0 Å². The summed E-state index contributed by atoms with van der Waals surface area (Å²) in [6.07, 6.45) is 0. The van der Waals surface area contributed by atoms with Crippen LogP contribution in [-0.2, 0) is 11.3 Å². The molecule has 0 atom stereocenters. The van der Waals surface area contributed by atoms with Crippen molar-refractivity contribution in [3.63, 3.8) is 0 Å². The number of carbonyl (C=O) groups excluding carboxylic acids is 2. The minimum Gasteiger partial charge on any atom is -0.490 e. The van der Waals surface area contributed by atoms with E-state index in [-0.39, 0.29) is 18.5 Å². The summed E-state index contributed by atoms with van der Waals surface area (Å²) < 4.78 is 5.96. The number of nitrogens with zero attached hydrogens (tertiary/aromatic N) is 1. The molecule has 2 N–H and O–H groups in total. The summed E-state index contributed by atoms with van der Waals surface area (Å²) in [7, 11) is 0. The minimum atomic E-state index is -0.617. The summed E-state index contributed by atoms with van der Waals surface area (Å²) >= 11 is 0. The third-order valence-electron chi connectivity index (χ3n) is 4.76. The molecule has 0 saturated carbocycles. The van der Waals surface area contributed by atoms with Crippen LogP contribution in [-0.4, -0.2) is 25.1 Å². The van der Waals surface area contributed by atoms with Gasteiger partial charge in [0.05, 0.1) is 11.1 Å². The van der Waals surface area contributed by atoms with Gasteiger partial charge in [0.1, 0.15) is 12.4 Å². The SMILES string of the molecule is CC(C)CN1C(=O)C(C)(C)COc2cc(NC(=O)NCc3ccccc3)ccc21. The highest BCUT2D eigenvalue weighted by atomic mass is 16.5. The van der Waals surface area contributed by atoms with Crippen LogP contribution in [0.3, 0.4) is 0 Å². The van der Waals surface area contributed by atoms with Gasteiger partial charge in [-0.15, -0.1) is 0 Å². The fourth-order valence-corrected chi connectivity index (χ4v) is 3.23. The largest absolute Gasteiger partial charge is 0.490 e. The van der Waals surface area contributed by atoms with Crippen LogP contribution in [0.4, 0.5) is 16.2 Å². The molecule has 2 aromatic rings. The zero-order chi connectivity index (χ0) is 21.0. The number of hydrogen-bond acceptors (Lipinski definition) is 3. The van der Waals surface area contributed by atoms with Gasteiger partial charge in [-0.05, 0) is 37.5 Å². The average molecular weight is 396 g/mol. The van der Waals surface area contributed by atoms with Crippen molar-refractivity contribution < 1.29 is 14.3 Å². The second-order valence-electron chi connectivity index (χ2n) is 8.46. The molecule has 1 aliphatic rings. The number of benzene rings is 2. The molecule has 0 radical (unpaired) electrons. The Morgan fingerprint density at radius 3 is 2.59 bits per heavy atom. The quantitative estimate of drug-likeness (QED) is 0.787. The summed E-state index contributed by atoms with van der Waals surface area (Å²) in [5, 5.41) is 5.68. The smallest absolute Gasteiger partial charge is 0.319 e. The molecule has 0 aliphatic carbocycles. The Hall–Kier alpha value is -3.02. The number of hydrogen-bond donors (Lipinski definition) is 2. The fourth-order valence-electron chi connectivity index (χ4n) is 3.23. The molecule has 1 aliphatic heterocycles. The monoisotopic (exact) mass is 395 g/mol. The number of urea groups is 1. The summed E-state index contributed by atoms with van der Waals surface area (Å²) in [4.78, 5) is 27.1. The van der Waals surface area contributed by atoms with E-state index in [1.165, 1.54) is 0 Å². The van der Waals surface area contributed by atoms with Crippen LogP contribution in [0.1, 0.15) is 33.3 Å². The number of amides is 3. The first kappa shape index (κ1) is 20.7. The lowest BCUT2D eigenvalue weighted by Gasteiger charge is -2.29. The maximum absolute atomic E-state index is 13.0. The van der Waals surface area contributed by atoms with Crippen molar-refractivity contribution in [1.82, 2.24) is 5.32 Å². The average Bonchev–Trinajstić information content (AvgIpc) is 2.77. The first-order valence-corrected chi connectivity index (χ1v) is 9.94. The summed E-state index contributed by atoms with van der Waals surface area (Å²) in [6, 6.07) is 14.8. The van der Waals surface area contributed by atoms with Gasteiger partial charge < -0.3 is 20.3 Å². The van der Waals surface area contributed by atoms with Gasteiger partial charge in [-0.1, -0.05) is 44.2 Å². The molecular weight excluding hydrogens is 366 g/mol. The summed E-state index contributed by atoms with van der Waals surface area (Å²) in [5.74, 6) is 0.971. The van der Waals surface area contributed by atoms with E-state index in [0.29, 0.717) is 30.4 Å². The molecule has 0 aromatic heterocycles. The van der Waals surface area contributed by atoms with Crippen molar-refractivity contribution in [2.24, 2.45) is 11.3 Å². The number of carbonyl (C=O) groups is 2. The predicted molar refractivity (Wildman–Crippen MR) is 115 cm³/mol. The van der Waals surface area contributed by atoms with E-state index in [1.54, 1.807) is 17.0 Å². The van der Waals surface area contributed by atoms with Gasteiger partial charge in [-0.25, -0.2) is 4.79 Å². The number of rotatable bonds is 5. The third-order valence-corrected chi connectivity index (χ3v) is 4.76. The predicted octanol–water partition coefficient (Wildman–Crippen LogP) is 4.42. The molecule has 0 saturated heterocycles. The zero-order valence-corrected chi connectivity index (χ0v) is 17.5. The highest BCUT2D eigenvalue weighted by Crippen LogP contribution is 2.38. The van der Waals surface area contributed by atoms with Crippen LogP contribution in [0.2, 0.25) is 0 Å². The molecule has 1 heterocycles. The van der Waals surface area contributed by atoms with E-state index in [9.17, 15) is 9.59 Å². The van der Waals surface area contributed by atoms with Crippen LogP contribution in [0.15, 0.2) is 48.5 Å². The van der Waals surface area contributed by atoms with Crippen molar-refractivity contribution in [2.75, 3.05) is 23.4 Å². The summed E-state index contributed by atoms with van der Waals surface area (Å²) in [6.45, 7) is 9.30. The maximum atomic E-state index is 13.0. The molecule has 3 rings (SSSR count). The first-order valence-electron chi connectivity index (χ1n) is 9.94. The van der Waals surface area contributed by atoms with Gasteiger partial charge in [-0.3, -0.25) is 4.79 Å². The molecule has 0 fully saturated rings. The lowest BCUT2D eigenvalue weighted by Crippen LogP contribution is -2.43. The van der Waals surface area contributed by atoms with Crippen LogP contribution in [0.5, 0.6) is 5.75 Å². The fraction of sp³-hybridized carbons (Fsp3) is 0.391. The molecule has 0 bridgehead atoms. The van der Waals surface area contributed by atoms with E-state index >= 15 is 0 Å². The van der Waals surface area contributed by atoms with Gasteiger partial charge in [-0.2, -0.15) is 0 Å². The molecular formula is C23H29N3O3. The van der Waals surface area contributed by atoms with E-state index in [2.05, 4.69) is 24.5 Å². The van der Waals surface area contributed by atoms with Crippen LogP contribution >= 0.6 is 0 Å². The number of ether oxygens (including phenoxy) is 1. The van der Waals surface area contributed by atoms with E-state index in [4.69, 9.17) is 4.74 Å². The molecule has 154 valence electrons. The summed E-state index contributed by atoms with van der Waals surface area (Å²) in [5.41, 5.74) is 1.77. The number of anilines is 2. The molecule has 6 nitrogen and oxygen atoms in total. The Labute approximate surface area is 172 Å². The van der Waals surface area contributed by atoms with Crippen LogP contribution < -0.4 is 20.3 Å². The molecule has 2 aromatic carbocycles. The highest BCUT2D eigenvalue weighted by Gasteiger charge is 2.38. The normalized spacial score (nSPS) is 15.3. The van der Waals surface area contributed by atoms with Gasteiger partial charge >= 0.3 is 6.03 Å². The molecule has 3 amide bonds. The second kappa shape index (κ2) is 8.55. The van der Waals surface area contributed by atoms with E-state index in [1.807, 2.05) is 50.2 Å². The Morgan fingerprint density at radius 1 is 1.17 bits per heavy atom. The van der Waals surface area contributed by atoms with Gasteiger partial charge in [0.25, 0.3) is 0 Å². The van der Waals surface area contributed by atoms with Crippen molar-refractivity contribution >= 4 is 23.3 Å². The Morgan fingerprint density at radius 2 is 1.90 bits per heavy atom. The van der Waals surface area contributed by atoms with Gasteiger partial charge in [0.15, 0.2) is 0 Å². The topological polar surface area (TPSA) is 70.7 Å². The van der Waals surface area contributed by atoms with Crippen molar-refractivity contribution in [3.8, 4) is 5.75 Å².